The zero-order chi connectivity index (χ0) is 15.4. The number of nitrogens with one attached hydrogen (secondary N) is 1. The zero-order valence-electron chi connectivity index (χ0n) is 12.2. The van der Waals surface area contributed by atoms with Crippen molar-refractivity contribution in [1.82, 2.24) is 9.88 Å². The van der Waals surface area contributed by atoms with Gasteiger partial charge >= 0.3 is 0 Å². The van der Waals surface area contributed by atoms with Gasteiger partial charge in [0.1, 0.15) is 5.69 Å². The Labute approximate surface area is 133 Å². The van der Waals surface area contributed by atoms with Crippen molar-refractivity contribution in [3.63, 3.8) is 0 Å². The Balaban J connectivity index is 1.67. The van der Waals surface area contributed by atoms with Crippen LogP contribution in [0.3, 0.4) is 0 Å². The first-order chi connectivity index (χ1) is 10.7. The molecule has 0 saturated carbocycles. The topological polar surface area (TPSA) is 53.2 Å². The molecule has 0 atom stereocenters. The number of ketones is 1. The van der Waals surface area contributed by atoms with Crippen molar-refractivity contribution in [2.24, 2.45) is 0 Å². The van der Waals surface area contributed by atoms with Crippen LogP contribution in [-0.2, 0) is 6.42 Å². The average molecular weight is 314 g/mol. The number of rotatable bonds is 4. The molecule has 2 aromatic rings. The molecule has 0 spiro atoms. The highest BCUT2D eigenvalue weighted by Gasteiger charge is 2.20. The van der Waals surface area contributed by atoms with E-state index in [9.17, 15) is 9.59 Å². The SMILES string of the molecule is O=C(Cc1ccccc1)c1c[nH]c(C(=O)N2CCSCC2)c1. The molecule has 22 heavy (non-hydrogen) atoms. The lowest BCUT2D eigenvalue weighted by Gasteiger charge is -2.25. The Hall–Kier alpha value is -2.01. The predicted octanol–water partition coefficient (Wildman–Crippen LogP) is 2.63. The Morgan fingerprint density at radius 3 is 2.59 bits per heavy atom. The summed E-state index contributed by atoms with van der Waals surface area (Å²) >= 11 is 1.86. The van der Waals surface area contributed by atoms with Crippen molar-refractivity contribution in [3.05, 3.63) is 59.4 Å². The quantitative estimate of drug-likeness (QED) is 0.883. The van der Waals surface area contributed by atoms with E-state index < -0.39 is 0 Å². The number of thioether (sulfide) groups is 1. The normalized spacial score (nSPS) is 14.8. The molecule has 4 nitrogen and oxygen atoms in total. The number of carbonyl (C=O) groups excluding carboxylic acids is 2. The van der Waals surface area contributed by atoms with Crippen LogP contribution < -0.4 is 0 Å². The highest BCUT2D eigenvalue weighted by atomic mass is 32.2. The summed E-state index contributed by atoms with van der Waals surface area (Å²) in [5.74, 6) is 1.97. The monoisotopic (exact) mass is 314 g/mol. The summed E-state index contributed by atoms with van der Waals surface area (Å²) in [4.78, 5) is 29.4. The molecule has 1 aliphatic heterocycles. The molecule has 1 saturated heterocycles. The number of Topliss-reactive ketones (excluding diaryl/α,β-unsaturated/α-hetero) is 1. The third-order valence-corrected chi connectivity index (χ3v) is 4.68. The van der Waals surface area contributed by atoms with Crippen molar-refractivity contribution >= 4 is 23.5 Å². The molecule has 0 aliphatic carbocycles. The first kappa shape index (κ1) is 14.9. The second-order valence-corrected chi connectivity index (χ2v) is 6.52. The van der Waals surface area contributed by atoms with Crippen molar-refractivity contribution in [2.75, 3.05) is 24.6 Å². The van der Waals surface area contributed by atoms with Gasteiger partial charge in [-0.3, -0.25) is 9.59 Å². The van der Waals surface area contributed by atoms with Gasteiger partial charge in [0, 0.05) is 42.8 Å². The van der Waals surface area contributed by atoms with E-state index in [1.165, 1.54) is 0 Å². The summed E-state index contributed by atoms with van der Waals surface area (Å²) < 4.78 is 0. The first-order valence-corrected chi connectivity index (χ1v) is 8.52. The van der Waals surface area contributed by atoms with Crippen molar-refractivity contribution < 1.29 is 9.59 Å². The Bertz CT molecular complexity index is 660. The van der Waals surface area contributed by atoms with Gasteiger partial charge in [-0.05, 0) is 11.6 Å². The van der Waals surface area contributed by atoms with Crippen LogP contribution in [0.2, 0.25) is 0 Å². The Morgan fingerprint density at radius 1 is 1.14 bits per heavy atom. The van der Waals surface area contributed by atoms with E-state index in [1.54, 1.807) is 12.3 Å². The summed E-state index contributed by atoms with van der Waals surface area (Å²) in [6.07, 6.45) is 1.99. The summed E-state index contributed by atoms with van der Waals surface area (Å²) in [7, 11) is 0. The van der Waals surface area contributed by atoms with Crippen LogP contribution in [0.15, 0.2) is 42.6 Å². The van der Waals surface area contributed by atoms with E-state index in [1.807, 2.05) is 47.0 Å². The summed E-state index contributed by atoms with van der Waals surface area (Å²) in [6.45, 7) is 1.55. The number of H-pyrrole nitrogens is 1. The molecule has 114 valence electrons. The third kappa shape index (κ3) is 3.42. The van der Waals surface area contributed by atoms with E-state index in [0.29, 0.717) is 17.7 Å². The van der Waals surface area contributed by atoms with Crippen LogP contribution in [0.5, 0.6) is 0 Å². The third-order valence-electron chi connectivity index (χ3n) is 3.74. The standard InChI is InChI=1S/C17H18N2O2S/c20-16(10-13-4-2-1-3-5-13)14-11-15(18-12-14)17(21)19-6-8-22-9-7-19/h1-5,11-12,18H,6-10H2. The van der Waals surface area contributed by atoms with Gasteiger partial charge in [-0.25, -0.2) is 0 Å². The van der Waals surface area contributed by atoms with Crippen molar-refractivity contribution in [2.45, 2.75) is 6.42 Å². The van der Waals surface area contributed by atoms with E-state index in [2.05, 4.69) is 4.98 Å². The number of hydrogen-bond donors (Lipinski definition) is 1. The molecule has 1 N–H and O–H groups in total. The molecular formula is C17H18N2O2S. The number of benzene rings is 1. The molecule has 1 aromatic heterocycles. The molecule has 1 aromatic carbocycles. The molecule has 1 fully saturated rings. The van der Waals surface area contributed by atoms with Crippen LogP contribution in [0.4, 0.5) is 0 Å². The number of carbonyl (C=O) groups is 2. The van der Waals surface area contributed by atoms with Crippen LogP contribution >= 0.6 is 11.8 Å². The summed E-state index contributed by atoms with van der Waals surface area (Å²) in [5, 5.41) is 0. The van der Waals surface area contributed by atoms with Crippen molar-refractivity contribution in [1.29, 1.82) is 0 Å². The van der Waals surface area contributed by atoms with Crippen LogP contribution in [0, 0.1) is 0 Å². The minimum Gasteiger partial charge on any atom is -0.356 e. The van der Waals surface area contributed by atoms with Gasteiger partial charge in [-0.2, -0.15) is 11.8 Å². The van der Waals surface area contributed by atoms with Gasteiger partial charge in [0.15, 0.2) is 5.78 Å². The zero-order valence-corrected chi connectivity index (χ0v) is 13.1. The fourth-order valence-electron chi connectivity index (χ4n) is 2.50. The van der Waals surface area contributed by atoms with E-state index in [4.69, 9.17) is 0 Å². The highest BCUT2D eigenvalue weighted by Crippen LogP contribution is 2.14. The van der Waals surface area contributed by atoms with Gasteiger partial charge in [-0.1, -0.05) is 30.3 Å². The molecular weight excluding hydrogens is 296 g/mol. The molecule has 0 radical (unpaired) electrons. The first-order valence-electron chi connectivity index (χ1n) is 7.36. The molecule has 0 bridgehead atoms. The van der Waals surface area contributed by atoms with Crippen LogP contribution in [0.25, 0.3) is 0 Å². The van der Waals surface area contributed by atoms with Crippen LogP contribution in [0.1, 0.15) is 26.4 Å². The van der Waals surface area contributed by atoms with Gasteiger partial charge in [0.2, 0.25) is 0 Å². The number of aromatic nitrogens is 1. The minimum absolute atomic E-state index is 0.0148. The Kier molecular flexibility index (Phi) is 4.63. The maximum Gasteiger partial charge on any atom is 0.270 e. The largest absolute Gasteiger partial charge is 0.356 e. The fraction of sp³-hybridized carbons (Fsp3) is 0.294. The van der Waals surface area contributed by atoms with Gasteiger partial charge in [-0.15, -0.1) is 0 Å². The van der Waals surface area contributed by atoms with Crippen LogP contribution in [-0.4, -0.2) is 46.2 Å². The molecule has 0 unspecified atom stereocenters. The second-order valence-electron chi connectivity index (χ2n) is 5.29. The molecule has 5 heteroatoms. The van der Waals surface area contributed by atoms with E-state index in [0.717, 1.165) is 30.2 Å². The minimum atomic E-state index is -0.0148. The number of hydrogen-bond acceptors (Lipinski definition) is 3. The average Bonchev–Trinajstić information content (AvgIpc) is 3.06. The maximum atomic E-state index is 12.4. The van der Waals surface area contributed by atoms with Gasteiger partial charge in [0.25, 0.3) is 5.91 Å². The maximum absolute atomic E-state index is 12.4. The molecule has 2 heterocycles. The molecule has 1 amide bonds. The Morgan fingerprint density at radius 2 is 1.86 bits per heavy atom. The number of amides is 1. The highest BCUT2D eigenvalue weighted by molar-refractivity contribution is 7.99. The summed E-state index contributed by atoms with van der Waals surface area (Å²) in [5.41, 5.74) is 2.05. The second kappa shape index (κ2) is 6.83. The summed E-state index contributed by atoms with van der Waals surface area (Å²) in [6, 6.07) is 11.3. The number of aromatic amines is 1. The van der Waals surface area contributed by atoms with E-state index >= 15 is 0 Å². The van der Waals surface area contributed by atoms with Gasteiger partial charge < -0.3 is 9.88 Å². The lowest BCUT2D eigenvalue weighted by molar-refractivity contribution is 0.0767. The predicted molar refractivity (Wildman–Crippen MR) is 88.5 cm³/mol. The lowest BCUT2D eigenvalue weighted by Crippen LogP contribution is -2.38. The lowest BCUT2D eigenvalue weighted by atomic mass is 10.1. The van der Waals surface area contributed by atoms with E-state index in [-0.39, 0.29) is 11.7 Å². The molecule has 1 aliphatic rings. The molecule has 3 rings (SSSR count). The van der Waals surface area contributed by atoms with Crippen molar-refractivity contribution in [3.8, 4) is 0 Å². The smallest absolute Gasteiger partial charge is 0.270 e. The fourth-order valence-corrected chi connectivity index (χ4v) is 3.40. The number of nitrogens with zero attached hydrogens (tertiary/aromatic N) is 1. The van der Waals surface area contributed by atoms with Gasteiger partial charge in [0.05, 0.1) is 0 Å².